The van der Waals surface area contributed by atoms with Gasteiger partial charge in [0.2, 0.25) is 0 Å². The number of likely N-dealkylation sites (tertiary alicyclic amines) is 1. The van der Waals surface area contributed by atoms with E-state index < -0.39 is 6.09 Å². The summed E-state index contributed by atoms with van der Waals surface area (Å²) in [7, 11) is 1.55. The number of rotatable bonds is 5. The van der Waals surface area contributed by atoms with Crippen molar-refractivity contribution in [1.29, 1.82) is 0 Å². The number of nitrogens with one attached hydrogen (secondary N) is 1. The molecule has 0 radical (unpaired) electrons. The molecule has 0 unspecified atom stereocenters. The van der Waals surface area contributed by atoms with Gasteiger partial charge in [-0.25, -0.2) is 4.79 Å². The normalized spacial score (nSPS) is 14.9. The van der Waals surface area contributed by atoms with Gasteiger partial charge >= 0.3 is 6.09 Å². The minimum atomic E-state index is -0.445. The number of ether oxygens (including phenoxy) is 2. The Kier molecular flexibility index (Phi) is 6.02. The lowest BCUT2D eigenvalue weighted by molar-refractivity contribution is 0.0700. The molecule has 1 aliphatic heterocycles. The van der Waals surface area contributed by atoms with Gasteiger partial charge in [-0.3, -0.25) is 4.79 Å². The van der Waals surface area contributed by atoms with Gasteiger partial charge in [-0.2, -0.15) is 0 Å². The van der Waals surface area contributed by atoms with Crippen molar-refractivity contribution >= 4 is 12.0 Å². The van der Waals surface area contributed by atoms with Gasteiger partial charge in [0.1, 0.15) is 12.4 Å². The monoisotopic (exact) mass is 318 g/mol. The molecule has 1 heterocycles. The summed E-state index contributed by atoms with van der Waals surface area (Å²) in [6.45, 7) is 4.86. The number of hydrogen-bond donors (Lipinski definition) is 1. The predicted octanol–water partition coefficient (Wildman–Crippen LogP) is 2.21. The number of para-hydroxylation sites is 1. The average Bonchev–Trinajstić information content (AvgIpc) is 2.60. The maximum absolute atomic E-state index is 12.6. The van der Waals surface area contributed by atoms with Gasteiger partial charge in [0.15, 0.2) is 0 Å². The number of methoxy groups -OCH3 is 1. The number of piperidine rings is 1. The number of nitrogens with zero attached hydrogens (tertiary/aromatic N) is 1. The summed E-state index contributed by atoms with van der Waals surface area (Å²) in [5.41, 5.74) is 0.562. The number of carbonyl (C=O) groups is 2. The Balaban J connectivity index is 1.87. The summed E-state index contributed by atoms with van der Waals surface area (Å²) in [5, 5.41) is 2.80. The maximum atomic E-state index is 12.6. The maximum Gasteiger partial charge on any atom is 0.407 e. The molecule has 1 aliphatic rings. The molecule has 1 N–H and O–H groups in total. The second-order valence-corrected chi connectivity index (χ2v) is 5.30. The quantitative estimate of drug-likeness (QED) is 0.845. The summed E-state index contributed by atoms with van der Waals surface area (Å²) < 4.78 is 10.1. The Hall–Kier alpha value is -2.50. The van der Waals surface area contributed by atoms with Gasteiger partial charge in [0.05, 0.1) is 12.7 Å². The van der Waals surface area contributed by atoms with Crippen molar-refractivity contribution < 1.29 is 19.1 Å². The van der Waals surface area contributed by atoms with Crippen molar-refractivity contribution in [3.63, 3.8) is 0 Å². The minimum absolute atomic E-state index is 0.0223. The molecule has 6 nitrogen and oxygen atoms in total. The van der Waals surface area contributed by atoms with Gasteiger partial charge in [-0.15, -0.1) is 0 Å². The van der Waals surface area contributed by atoms with Crippen LogP contribution in [0, 0.1) is 0 Å². The number of hydrogen-bond acceptors (Lipinski definition) is 4. The molecule has 1 aromatic rings. The summed E-state index contributed by atoms with van der Waals surface area (Å²) >= 11 is 0. The van der Waals surface area contributed by atoms with Crippen molar-refractivity contribution in [3.05, 3.63) is 42.5 Å². The molecule has 0 spiro atoms. The van der Waals surface area contributed by atoms with Crippen molar-refractivity contribution in [2.24, 2.45) is 0 Å². The van der Waals surface area contributed by atoms with Crippen LogP contribution in [0.2, 0.25) is 0 Å². The topological polar surface area (TPSA) is 67.9 Å². The zero-order valence-corrected chi connectivity index (χ0v) is 13.3. The van der Waals surface area contributed by atoms with E-state index in [0.717, 1.165) is 0 Å². The SMILES string of the molecule is C=CCOC(=O)NC1CCN(C(=O)c2ccccc2OC)CC1. The van der Waals surface area contributed by atoms with Crippen molar-refractivity contribution in [3.8, 4) is 5.75 Å². The van der Waals surface area contributed by atoms with Crippen molar-refractivity contribution in [2.45, 2.75) is 18.9 Å². The molecule has 23 heavy (non-hydrogen) atoms. The van der Waals surface area contributed by atoms with Crippen LogP contribution in [0.25, 0.3) is 0 Å². The smallest absolute Gasteiger partial charge is 0.407 e. The molecule has 6 heteroatoms. The first-order chi connectivity index (χ1) is 11.2. The summed E-state index contributed by atoms with van der Waals surface area (Å²) in [5.74, 6) is 0.529. The van der Waals surface area contributed by atoms with Crippen LogP contribution in [0.15, 0.2) is 36.9 Å². The lowest BCUT2D eigenvalue weighted by atomic mass is 10.0. The van der Waals surface area contributed by atoms with E-state index in [-0.39, 0.29) is 18.6 Å². The van der Waals surface area contributed by atoms with Gasteiger partial charge in [0, 0.05) is 19.1 Å². The van der Waals surface area contributed by atoms with Crippen LogP contribution in [0.4, 0.5) is 4.79 Å². The molecule has 1 aromatic carbocycles. The Bertz CT molecular complexity index is 565. The summed E-state index contributed by atoms with van der Waals surface area (Å²) in [6.07, 6.45) is 2.47. The van der Waals surface area contributed by atoms with E-state index in [2.05, 4.69) is 11.9 Å². The molecule has 2 amide bonds. The molecule has 1 fully saturated rings. The third-order valence-electron chi connectivity index (χ3n) is 3.77. The molecule has 0 aliphatic carbocycles. The first-order valence-electron chi connectivity index (χ1n) is 7.62. The van der Waals surface area contributed by atoms with E-state index >= 15 is 0 Å². The van der Waals surface area contributed by atoms with Crippen LogP contribution in [-0.2, 0) is 4.74 Å². The van der Waals surface area contributed by atoms with E-state index in [4.69, 9.17) is 9.47 Å². The number of carbonyl (C=O) groups excluding carboxylic acids is 2. The third kappa shape index (κ3) is 4.48. The predicted molar refractivity (Wildman–Crippen MR) is 86.6 cm³/mol. The number of amides is 2. The number of alkyl carbamates (subject to hydrolysis) is 1. The van der Waals surface area contributed by atoms with Crippen LogP contribution in [0.5, 0.6) is 5.75 Å². The molecule has 0 saturated carbocycles. The zero-order valence-electron chi connectivity index (χ0n) is 13.3. The molecular weight excluding hydrogens is 296 g/mol. The zero-order chi connectivity index (χ0) is 16.7. The summed E-state index contributed by atoms with van der Waals surface area (Å²) in [4.78, 5) is 25.9. The van der Waals surface area contributed by atoms with E-state index in [1.54, 1.807) is 24.1 Å². The highest BCUT2D eigenvalue weighted by atomic mass is 16.5. The van der Waals surface area contributed by atoms with E-state index in [1.165, 1.54) is 6.08 Å². The Morgan fingerprint density at radius 3 is 2.70 bits per heavy atom. The van der Waals surface area contributed by atoms with Gasteiger partial charge in [0.25, 0.3) is 5.91 Å². The standard InChI is InChI=1S/C17H22N2O4/c1-3-12-23-17(21)18-13-8-10-19(11-9-13)16(20)14-6-4-5-7-15(14)22-2/h3-7,13H,1,8-12H2,2H3,(H,18,21). The fraction of sp³-hybridized carbons (Fsp3) is 0.412. The highest BCUT2D eigenvalue weighted by Crippen LogP contribution is 2.21. The van der Waals surface area contributed by atoms with Crippen molar-refractivity contribution in [2.75, 3.05) is 26.8 Å². The van der Waals surface area contributed by atoms with Gasteiger partial charge in [-0.05, 0) is 25.0 Å². The first-order valence-corrected chi connectivity index (χ1v) is 7.62. The highest BCUT2D eigenvalue weighted by molar-refractivity contribution is 5.97. The Morgan fingerprint density at radius 2 is 2.04 bits per heavy atom. The fourth-order valence-electron chi connectivity index (χ4n) is 2.56. The Labute approximate surface area is 136 Å². The summed E-state index contributed by atoms with van der Waals surface area (Å²) in [6, 6.07) is 7.21. The second kappa shape index (κ2) is 8.22. The van der Waals surface area contributed by atoms with Crippen LogP contribution < -0.4 is 10.1 Å². The first kappa shape index (κ1) is 16.9. The third-order valence-corrected chi connectivity index (χ3v) is 3.77. The fourth-order valence-corrected chi connectivity index (χ4v) is 2.56. The van der Waals surface area contributed by atoms with Crippen LogP contribution in [0.3, 0.4) is 0 Å². The largest absolute Gasteiger partial charge is 0.496 e. The molecule has 0 atom stereocenters. The molecule has 0 bridgehead atoms. The van der Waals surface area contributed by atoms with Gasteiger partial charge < -0.3 is 19.7 Å². The molecule has 1 saturated heterocycles. The van der Waals surface area contributed by atoms with Crippen LogP contribution in [0.1, 0.15) is 23.2 Å². The molecule has 124 valence electrons. The molecule has 2 rings (SSSR count). The van der Waals surface area contributed by atoms with Crippen LogP contribution in [-0.4, -0.2) is 49.7 Å². The van der Waals surface area contributed by atoms with Gasteiger partial charge in [-0.1, -0.05) is 24.8 Å². The van der Waals surface area contributed by atoms with E-state index in [9.17, 15) is 9.59 Å². The highest BCUT2D eigenvalue weighted by Gasteiger charge is 2.26. The lowest BCUT2D eigenvalue weighted by Gasteiger charge is -2.32. The molecule has 0 aromatic heterocycles. The number of benzene rings is 1. The van der Waals surface area contributed by atoms with Crippen molar-refractivity contribution in [1.82, 2.24) is 10.2 Å². The van der Waals surface area contributed by atoms with E-state index in [1.807, 2.05) is 12.1 Å². The second-order valence-electron chi connectivity index (χ2n) is 5.30. The van der Waals surface area contributed by atoms with Crippen LogP contribution >= 0.6 is 0 Å². The minimum Gasteiger partial charge on any atom is -0.496 e. The average molecular weight is 318 g/mol. The molecular formula is C17H22N2O4. The lowest BCUT2D eigenvalue weighted by Crippen LogP contribution is -2.46. The van der Waals surface area contributed by atoms with E-state index in [0.29, 0.717) is 37.2 Å². The Morgan fingerprint density at radius 1 is 1.35 bits per heavy atom.